The minimum atomic E-state index is -0.989. The van der Waals surface area contributed by atoms with E-state index >= 15 is 0 Å². The van der Waals surface area contributed by atoms with Gasteiger partial charge in [-0.3, -0.25) is 0 Å². The van der Waals surface area contributed by atoms with Crippen LogP contribution in [-0.2, 0) is 11.3 Å². The number of aromatic nitrogens is 2. The molecule has 2 aromatic heterocycles. The molecule has 2 bridgehead atoms. The van der Waals surface area contributed by atoms with E-state index in [1.54, 1.807) is 12.1 Å². The predicted molar refractivity (Wildman–Crippen MR) is 127 cm³/mol. The molecule has 1 unspecified atom stereocenters. The first kappa shape index (κ1) is 21.4. The van der Waals surface area contributed by atoms with E-state index in [1.807, 2.05) is 18.2 Å². The van der Waals surface area contributed by atoms with Gasteiger partial charge in [0.15, 0.2) is 5.69 Å². The number of carboxylic acids is 1. The van der Waals surface area contributed by atoms with Crippen molar-refractivity contribution in [3.63, 3.8) is 0 Å². The average Bonchev–Trinajstić information content (AvgIpc) is 3.54. The second-order valence-corrected chi connectivity index (χ2v) is 9.85. The first-order valence-corrected chi connectivity index (χ1v) is 12.2. The minimum absolute atomic E-state index is 0.0964. The number of piperidine rings is 1. The second-order valence-electron chi connectivity index (χ2n) is 9.85. The molecule has 0 radical (unpaired) electrons. The highest BCUT2D eigenvalue weighted by atomic mass is 16.5. The van der Waals surface area contributed by atoms with Crippen molar-refractivity contribution < 1.29 is 19.2 Å². The summed E-state index contributed by atoms with van der Waals surface area (Å²) in [6.45, 7) is 2.61. The molecule has 1 N–H and O–H groups in total. The SMILES string of the molecule is Cc1ccccc1-c1noc(C2CC2)c1CO[C@@H]1CC2CC[C@@H](C1)N2c1cccc(C(=O)O)n1. The number of nitrogens with zero attached hydrogens (tertiary/aromatic N) is 3. The van der Waals surface area contributed by atoms with Gasteiger partial charge in [-0.05, 0) is 63.1 Å². The highest BCUT2D eigenvalue weighted by molar-refractivity contribution is 5.85. The average molecular weight is 460 g/mol. The van der Waals surface area contributed by atoms with E-state index in [-0.39, 0.29) is 11.8 Å². The van der Waals surface area contributed by atoms with Crippen LogP contribution in [0.25, 0.3) is 11.3 Å². The van der Waals surface area contributed by atoms with Crippen molar-refractivity contribution in [3.8, 4) is 11.3 Å². The summed E-state index contributed by atoms with van der Waals surface area (Å²) >= 11 is 0. The van der Waals surface area contributed by atoms with Gasteiger partial charge in [0.25, 0.3) is 0 Å². The standard InChI is InChI=1S/C27H29N3O4/c1-16-5-2-3-6-21(16)25-22(26(34-29-25)17-9-10-17)15-33-20-13-18-11-12-19(14-20)30(18)24-8-4-7-23(28-24)27(31)32/h2-8,17-20H,9-15H2,1H3,(H,31,32)/t18-,19?,20-/m0/s1. The van der Waals surface area contributed by atoms with Crippen LogP contribution in [0.15, 0.2) is 47.0 Å². The summed E-state index contributed by atoms with van der Waals surface area (Å²) in [7, 11) is 0. The summed E-state index contributed by atoms with van der Waals surface area (Å²) in [5.74, 6) is 1.24. The molecule has 7 nitrogen and oxygen atoms in total. The van der Waals surface area contributed by atoms with Crippen LogP contribution in [0.3, 0.4) is 0 Å². The molecule has 4 heterocycles. The number of anilines is 1. The van der Waals surface area contributed by atoms with Gasteiger partial charge in [0.2, 0.25) is 0 Å². The van der Waals surface area contributed by atoms with Crippen LogP contribution in [0.5, 0.6) is 0 Å². The quantitative estimate of drug-likeness (QED) is 0.510. The van der Waals surface area contributed by atoms with Gasteiger partial charge in [-0.15, -0.1) is 0 Å². The molecule has 1 aliphatic carbocycles. The zero-order valence-electron chi connectivity index (χ0n) is 19.3. The first-order chi connectivity index (χ1) is 16.6. The summed E-state index contributed by atoms with van der Waals surface area (Å²) in [6, 6.07) is 14.2. The van der Waals surface area contributed by atoms with Gasteiger partial charge in [-0.1, -0.05) is 35.5 Å². The largest absolute Gasteiger partial charge is 0.477 e. The summed E-state index contributed by atoms with van der Waals surface area (Å²) in [4.78, 5) is 18.1. The fourth-order valence-corrected chi connectivity index (χ4v) is 5.70. The van der Waals surface area contributed by atoms with Crippen molar-refractivity contribution >= 4 is 11.8 Å². The van der Waals surface area contributed by atoms with E-state index in [4.69, 9.17) is 9.26 Å². The smallest absolute Gasteiger partial charge is 0.354 e. The lowest BCUT2D eigenvalue weighted by Gasteiger charge is -2.39. The molecule has 0 spiro atoms. The third-order valence-electron chi connectivity index (χ3n) is 7.54. The van der Waals surface area contributed by atoms with E-state index in [2.05, 4.69) is 34.1 Å². The van der Waals surface area contributed by atoms with Crippen molar-refractivity contribution in [3.05, 3.63) is 65.0 Å². The van der Waals surface area contributed by atoms with Crippen molar-refractivity contribution in [1.82, 2.24) is 10.1 Å². The molecule has 3 aromatic rings. The molecule has 6 rings (SSSR count). The van der Waals surface area contributed by atoms with Crippen molar-refractivity contribution in [2.45, 2.75) is 76.2 Å². The number of pyridine rings is 1. The molecule has 0 amide bonds. The van der Waals surface area contributed by atoms with Crippen LogP contribution >= 0.6 is 0 Å². The Morgan fingerprint density at radius 2 is 1.85 bits per heavy atom. The maximum atomic E-state index is 11.4. The predicted octanol–water partition coefficient (Wildman–Crippen LogP) is 5.34. The summed E-state index contributed by atoms with van der Waals surface area (Å²) in [5, 5.41) is 13.8. The van der Waals surface area contributed by atoms with E-state index in [0.717, 1.165) is 66.9 Å². The molecule has 7 heteroatoms. The number of benzene rings is 1. The Morgan fingerprint density at radius 3 is 2.56 bits per heavy atom. The van der Waals surface area contributed by atoms with Crippen LogP contribution < -0.4 is 4.90 Å². The van der Waals surface area contributed by atoms with Crippen LogP contribution in [0.1, 0.15) is 71.8 Å². The highest BCUT2D eigenvalue weighted by Gasteiger charge is 2.42. The molecule has 3 fully saturated rings. The van der Waals surface area contributed by atoms with E-state index in [1.165, 1.54) is 5.56 Å². The normalized spacial score (nSPS) is 23.9. The van der Waals surface area contributed by atoms with Crippen molar-refractivity contribution in [2.75, 3.05) is 4.90 Å². The monoisotopic (exact) mass is 459 g/mol. The van der Waals surface area contributed by atoms with Crippen LogP contribution in [0.4, 0.5) is 5.82 Å². The summed E-state index contributed by atoms with van der Waals surface area (Å²) in [6.07, 6.45) is 6.46. The Hall–Kier alpha value is -3.19. The number of hydrogen-bond acceptors (Lipinski definition) is 6. The zero-order chi connectivity index (χ0) is 23.2. The third kappa shape index (κ3) is 3.88. The van der Waals surface area contributed by atoms with Gasteiger partial charge in [0, 0.05) is 29.1 Å². The number of aromatic carboxylic acids is 1. The van der Waals surface area contributed by atoms with Gasteiger partial charge in [-0.2, -0.15) is 0 Å². The molecular weight excluding hydrogens is 430 g/mol. The van der Waals surface area contributed by atoms with E-state index < -0.39 is 5.97 Å². The molecule has 2 aliphatic heterocycles. The first-order valence-electron chi connectivity index (χ1n) is 12.2. The number of ether oxygens (including phenoxy) is 1. The Balaban J connectivity index is 1.19. The maximum Gasteiger partial charge on any atom is 0.354 e. The fraction of sp³-hybridized carbons (Fsp3) is 0.444. The second kappa shape index (κ2) is 8.55. The molecule has 1 saturated carbocycles. The topological polar surface area (TPSA) is 88.7 Å². The van der Waals surface area contributed by atoms with Gasteiger partial charge in [0.05, 0.1) is 12.7 Å². The number of carboxylic acid groups (broad SMARTS) is 1. The Labute approximate surface area is 198 Å². The molecule has 3 atom stereocenters. The molecule has 176 valence electrons. The molecule has 3 aliphatic rings. The third-order valence-corrected chi connectivity index (χ3v) is 7.54. The van der Waals surface area contributed by atoms with Crippen molar-refractivity contribution in [1.29, 1.82) is 0 Å². The molecule has 1 aromatic carbocycles. The fourth-order valence-electron chi connectivity index (χ4n) is 5.70. The number of carbonyl (C=O) groups is 1. The number of hydrogen-bond donors (Lipinski definition) is 1. The van der Waals surface area contributed by atoms with Crippen LogP contribution in [-0.4, -0.2) is 39.4 Å². The maximum absolute atomic E-state index is 11.4. The zero-order valence-corrected chi connectivity index (χ0v) is 19.3. The Kier molecular flexibility index (Phi) is 5.37. The number of rotatable bonds is 7. The van der Waals surface area contributed by atoms with E-state index in [0.29, 0.717) is 24.6 Å². The minimum Gasteiger partial charge on any atom is -0.477 e. The molecule has 34 heavy (non-hydrogen) atoms. The lowest BCUT2D eigenvalue weighted by Crippen LogP contribution is -2.46. The lowest BCUT2D eigenvalue weighted by molar-refractivity contribution is 0.0145. The van der Waals surface area contributed by atoms with Gasteiger partial charge >= 0.3 is 5.97 Å². The molecule has 2 saturated heterocycles. The highest BCUT2D eigenvalue weighted by Crippen LogP contribution is 2.45. The summed E-state index contributed by atoms with van der Waals surface area (Å²) in [5.41, 5.74) is 4.40. The van der Waals surface area contributed by atoms with E-state index in [9.17, 15) is 9.90 Å². The van der Waals surface area contributed by atoms with Crippen molar-refractivity contribution in [2.24, 2.45) is 0 Å². The number of fused-ring (bicyclic) bond motifs is 2. The van der Waals surface area contributed by atoms with Gasteiger partial charge in [-0.25, -0.2) is 9.78 Å². The lowest BCUT2D eigenvalue weighted by atomic mass is 9.98. The van der Waals surface area contributed by atoms with Crippen LogP contribution in [0, 0.1) is 6.92 Å². The van der Waals surface area contributed by atoms with Gasteiger partial charge in [0.1, 0.15) is 17.3 Å². The molecular formula is C27H29N3O4. The van der Waals surface area contributed by atoms with Crippen LogP contribution in [0.2, 0.25) is 0 Å². The number of aryl methyl sites for hydroxylation is 1. The Morgan fingerprint density at radius 1 is 1.09 bits per heavy atom. The summed E-state index contributed by atoms with van der Waals surface area (Å²) < 4.78 is 12.4. The Bertz CT molecular complexity index is 1200. The van der Waals surface area contributed by atoms with Gasteiger partial charge < -0.3 is 19.3 Å².